The van der Waals surface area contributed by atoms with Crippen molar-refractivity contribution in [3.8, 4) is 0 Å². The van der Waals surface area contributed by atoms with Crippen LogP contribution in [-0.2, 0) is 9.59 Å². The van der Waals surface area contributed by atoms with Crippen molar-refractivity contribution in [3.63, 3.8) is 0 Å². The molecule has 0 fully saturated rings. The highest BCUT2D eigenvalue weighted by Crippen LogP contribution is 2.30. The second kappa shape index (κ2) is 4.66. The molecule has 0 bridgehead atoms. The Hall–Kier alpha value is -2.88. The van der Waals surface area contributed by atoms with Crippen LogP contribution in [0.5, 0.6) is 0 Å². The number of para-hydroxylation sites is 1. The Labute approximate surface area is 116 Å². The van der Waals surface area contributed by atoms with Crippen LogP contribution in [0.25, 0.3) is 5.57 Å². The van der Waals surface area contributed by atoms with E-state index in [-0.39, 0.29) is 17.2 Å². The van der Waals surface area contributed by atoms with Crippen LogP contribution in [0.3, 0.4) is 0 Å². The van der Waals surface area contributed by atoms with Crippen molar-refractivity contribution in [2.45, 2.75) is 0 Å². The summed E-state index contributed by atoms with van der Waals surface area (Å²) in [5.74, 6) is -0.857. The van der Waals surface area contributed by atoms with Gasteiger partial charge < -0.3 is 5.73 Å². The van der Waals surface area contributed by atoms with E-state index in [1.165, 1.54) is 0 Å². The predicted octanol–water partition coefficient (Wildman–Crippen LogP) is 1.93. The molecule has 0 aliphatic carbocycles. The summed E-state index contributed by atoms with van der Waals surface area (Å²) in [6.45, 7) is 0. The van der Waals surface area contributed by atoms with Gasteiger partial charge in [0.05, 0.1) is 11.3 Å². The van der Waals surface area contributed by atoms with Crippen LogP contribution in [0.1, 0.15) is 5.56 Å². The second-order valence-corrected chi connectivity index (χ2v) is 4.44. The molecule has 1 heterocycles. The summed E-state index contributed by atoms with van der Waals surface area (Å²) < 4.78 is 0. The zero-order valence-electron chi connectivity index (χ0n) is 10.6. The molecule has 4 nitrogen and oxygen atoms in total. The number of nitrogens with two attached hydrogens (primary N) is 1. The minimum Gasteiger partial charge on any atom is -0.394 e. The third kappa shape index (κ3) is 1.78. The highest BCUT2D eigenvalue weighted by atomic mass is 16.2. The number of carbonyl (C=O) groups excluding carboxylic acids is 2. The largest absolute Gasteiger partial charge is 0.394 e. The van der Waals surface area contributed by atoms with E-state index in [0.717, 1.165) is 4.90 Å². The molecule has 2 aromatic rings. The number of carbonyl (C=O) groups is 2. The van der Waals surface area contributed by atoms with Crippen LogP contribution in [0.2, 0.25) is 0 Å². The third-order valence-corrected chi connectivity index (χ3v) is 3.20. The van der Waals surface area contributed by atoms with Crippen LogP contribution < -0.4 is 10.6 Å². The molecule has 0 spiro atoms. The number of imide groups is 1. The Morgan fingerprint density at radius 1 is 0.750 bits per heavy atom. The summed E-state index contributed by atoms with van der Waals surface area (Å²) in [7, 11) is 0. The first-order valence-electron chi connectivity index (χ1n) is 6.19. The topological polar surface area (TPSA) is 63.4 Å². The van der Waals surface area contributed by atoms with Crippen molar-refractivity contribution >= 4 is 23.1 Å². The highest BCUT2D eigenvalue weighted by molar-refractivity contribution is 6.45. The fourth-order valence-electron chi connectivity index (χ4n) is 2.24. The Kier molecular flexibility index (Phi) is 2.84. The number of hydrogen-bond donors (Lipinski definition) is 1. The van der Waals surface area contributed by atoms with Crippen LogP contribution >= 0.6 is 0 Å². The summed E-state index contributed by atoms with van der Waals surface area (Å²) in [6, 6.07) is 17.8. The predicted molar refractivity (Wildman–Crippen MR) is 76.5 cm³/mol. The molecule has 20 heavy (non-hydrogen) atoms. The summed E-state index contributed by atoms with van der Waals surface area (Å²) >= 11 is 0. The normalized spacial score (nSPS) is 15.1. The molecule has 1 aliphatic heterocycles. The average molecular weight is 264 g/mol. The van der Waals surface area contributed by atoms with E-state index in [4.69, 9.17) is 5.73 Å². The van der Waals surface area contributed by atoms with Gasteiger partial charge in [0.1, 0.15) is 5.70 Å². The van der Waals surface area contributed by atoms with Gasteiger partial charge in [0, 0.05) is 0 Å². The highest BCUT2D eigenvalue weighted by Gasteiger charge is 2.38. The quantitative estimate of drug-likeness (QED) is 0.843. The minimum absolute atomic E-state index is 0.00921. The van der Waals surface area contributed by atoms with Crippen LogP contribution in [0, 0.1) is 0 Å². The molecule has 98 valence electrons. The number of hydrogen-bond acceptors (Lipinski definition) is 3. The van der Waals surface area contributed by atoms with Crippen molar-refractivity contribution in [3.05, 3.63) is 71.9 Å². The fourth-order valence-corrected chi connectivity index (χ4v) is 2.24. The van der Waals surface area contributed by atoms with Gasteiger partial charge in [-0.3, -0.25) is 9.59 Å². The summed E-state index contributed by atoms with van der Waals surface area (Å²) in [5, 5.41) is 0. The third-order valence-electron chi connectivity index (χ3n) is 3.20. The maximum Gasteiger partial charge on any atom is 0.282 e. The molecule has 0 radical (unpaired) electrons. The monoisotopic (exact) mass is 264 g/mol. The van der Waals surface area contributed by atoms with Crippen molar-refractivity contribution in [1.82, 2.24) is 0 Å². The van der Waals surface area contributed by atoms with Crippen molar-refractivity contribution in [2.75, 3.05) is 4.90 Å². The van der Waals surface area contributed by atoms with Gasteiger partial charge in [0.2, 0.25) is 0 Å². The van der Waals surface area contributed by atoms with E-state index >= 15 is 0 Å². The molecule has 2 N–H and O–H groups in total. The van der Waals surface area contributed by atoms with E-state index in [9.17, 15) is 9.59 Å². The number of amides is 2. The van der Waals surface area contributed by atoms with Gasteiger partial charge in [-0.15, -0.1) is 0 Å². The first kappa shape index (κ1) is 12.2. The van der Waals surface area contributed by atoms with Gasteiger partial charge in [-0.2, -0.15) is 0 Å². The Morgan fingerprint density at radius 3 is 1.90 bits per heavy atom. The smallest absolute Gasteiger partial charge is 0.282 e. The minimum atomic E-state index is -0.472. The molecule has 2 amide bonds. The van der Waals surface area contributed by atoms with E-state index < -0.39 is 5.91 Å². The first-order valence-corrected chi connectivity index (χ1v) is 6.19. The fraction of sp³-hybridized carbons (Fsp3) is 0. The zero-order chi connectivity index (χ0) is 14.1. The maximum absolute atomic E-state index is 12.5. The van der Waals surface area contributed by atoms with E-state index in [2.05, 4.69) is 0 Å². The number of nitrogens with zero attached hydrogens (tertiary/aromatic N) is 1. The summed E-state index contributed by atoms with van der Waals surface area (Å²) in [6.07, 6.45) is 0. The SMILES string of the molecule is NC1=C(c2ccccc2)C(=O)N(c2ccccc2)C1=O. The standard InChI is InChI=1S/C16H12N2O2/c17-14-13(11-7-3-1-4-8-11)15(19)18(16(14)20)12-9-5-2-6-10-12/h1-10H,17H2. The van der Waals surface area contributed by atoms with Crippen LogP contribution in [0.15, 0.2) is 66.4 Å². The summed E-state index contributed by atoms with van der Waals surface area (Å²) in [5.41, 5.74) is 7.27. The Morgan fingerprint density at radius 2 is 1.30 bits per heavy atom. The van der Waals surface area contributed by atoms with Crippen LogP contribution in [-0.4, -0.2) is 11.8 Å². The maximum atomic E-state index is 12.5. The Bertz CT molecular complexity index is 706. The molecular weight excluding hydrogens is 252 g/mol. The molecular formula is C16H12N2O2. The van der Waals surface area contributed by atoms with Crippen LogP contribution in [0.4, 0.5) is 5.69 Å². The number of rotatable bonds is 2. The Balaban J connectivity index is 2.07. The molecule has 0 saturated heterocycles. The van der Waals surface area contributed by atoms with Crippen molar-refractivity contribution in [1.29, 1.82) is 0 Å². The van der Waals surface area contributed by atoms with Gasteiger partial charge >= 0.3 is 0 Å². The second-order valence-electron chi connectivity index (χ2n) is 4.44. The first-order chi connectivity index (χ1) is 9.70. The molecule has 2 aromatic carbocycles. The van der Waals surface area contributed by atoms with Gasteiger partial charge in [0.15, 0.2) is 0 Å². The lowest BCUT2D eigenvalue weighted by molar-refractivity contribution is -0.120. The zero-order valence-corrected chi connectivity index (χ0v) is 10.6. The summed E-state index contributed by atoms with van der Waals surface area (Å²) in [4.78, 5) is 25.8. The molecule has 0 aromatic heterocycles. The van der Waals surface area contributed by atoms with Crippen molar-refractivity contribution < 1.29 is 9.59 Å². The van der Waals surface area contributed by atoms with Crippen molar-refractivity contribution in [2.24, 2.45) is 5.73 Å². The van der Waals surface area contributed by atoms with E-state index in [1.807, 2.05) is 12.1 Å². The molecule has 0 saturated carbocycles. The average Bonchev–Trinajstić information content (AvgIpc) is 2.71. The molecule has 4 heteroatoms. The number of benzene rings is 2. The lowest BCUT2D eigenvalue weighted by atomic mass is 10.1. The molecule has 1 aliphatic rings. The van der Waals surface area contributed by atoms with Gasteiger partial charge in [-0.1, -0.05) is 48.5 Å². The molecule has 3 rings (SSSR count). The van der Waals surface area contributed by atoms with Gasteiger partial charge in [0.25, 0.3) is 11.8 Å². The lowest BCUT2D eigenvalue weighted by Gasteiger charge is -2.14. The van der Waals surface area contributed by atoms with Gasteiger partial charge in [-0.05, 0) is 17.7 Å². The van der Waals surface area contributed by atoms with Gasteiger partial charge in [-0.25, -0.2) is 4.90 Å². The van der Waals surface area contributed by atoms with E-state index in [1.54, 1.807) is 48.5 Å². The lowest BCUT2D eigenvalue weighted by Crippen LogP contribution is -2.32. The molecule has 0 unspecified atom stereocenters. The van der Waals surface area contributed by atoms with E-state index in [0.29, 0.717) is 11.3 Å². The number of anilines is 1. The molecule has 0 atom stereocenters.